The van der Waals surface area contributed by atoms with Crippen molar-refractivity contribution in [2.24, 2.45) is 0 Å². The predicted octanol–water partition coefficient (Wildman–Crippen LogP) is 2.25. The normalized spacial score (nSPS) is 10.3. The van der Waals surface area contributed by atoms with Crippen LogP contribution in [0.2, 0.25) is 0 Å². The van der Waals surface area contributed by atoms with Crippen molar-refractivity contribution in [2.75, 3.05) is 18.0 Å². The second-order valence-corrected chi connectivity index (χ2v) is 4.08. The molecule has 0 bridgehead atoms. The van der Waals surface area contributed by atoms with Crippen molar-refractivity contribution in [1.29, 1.82) is 0 Å². The highest BCUT2D eigenvalue weighted by Gasteiger charge is 2.17. The molecule has 0 atom stereocenters. The zero-order chi connectivity index (χ0) is 11.4. The van der Waals surface area contributed by atoms with Gasteiger partial charge in [0.2, 0.25) is 0 Å². The Labute approximate surface area is 93.6 Å². The fourth-order valence-electron chi connectivity index (χ4n) is 1.38. The summed E-state index contributed by atoms with van der Waals surface area (Å²) in [7, 11) is 0. The van der Waals surface area contributed by atoms with E-state index in [-0.39, 0.29) is 0 Å². The molecule has 0 aliphatic carbocycles. The lowest BCUT2D eigenvalue weighted by atomic mass is 10.3. The molecule has 0 aliphatic heterocycles. The molecule has 1 rings (SSSR count). The second kappa shape index (κ2) is 5.11. The van der Waals surface area contributed by atoms with Crippen molar-refractivity contribution in [1.82, 2.24) is 4.98 Å². The highest BCUT2D eigenvalue weighted by Crippen LogP contribution is 2.26. The first kappa shape index (κ1) is 12.0. The number of hydrogen-bond acceptors (Lipinski definition) is 4. The van der Waals surface area contributed by atoms with Gasteiger partial charge in [-0.1, -0.05) is 18.3 Å². The van der Waals surface area contributed by atoms with Crippen LogP contribution in [0.25, 0.3) is 0 Å². The molecule has 1 N–H and O–H groups in total. The van der Waals surface area contributed by atoms with Gasteiger partial charge in [0.25, 0.3) is 0 Å². The van der Waals surface area contributed by atoms with Crippen LogP contribution < -0.4 is 4.90 Å². The summed E-state index contributed by atoms with van der Waals surface area (Å²) in [4.78, 5) is 17.7. The van der Waals surface area contributed by atoms with E-state index in [9.17, 15) is 4.79 Å². The maximum Gasteiger partial charge on any atom is 0.347 e. The molecule has 15 heavy (non-hydrogen) atoms. The summed E-state index contributed by atoms with van der Waals surface area (Å²) in [5.74, 6) is -0.872. The molecule has 0 unspecified atom stereocenters. The van der Waals surface area contributed by atoms with E-state index >= 15 is 0 Å². The van der Waals surface area contributed by atoms with Crippen molar-refractivity contribution in [3.05, 3.63) is 10.6 Å². The topological polar surface area (TPSA) is 53.4 Å². The van der Waals surface area contributed by atoms with E-state index in [1.54, 1.807) is 0 Å². The Balaban J connectivity index is 3.06. The average molecular weight is 228 g/mol. The molecule has 84 valence electrons. The summed E-state index contributed by atoms with van der Waals surface area (Å²) < 4.78 is 0. The third kappa shape index (κ3) is 2.47. The zero-order valence-electron chi connectivity index (χ0n) is 9.28. The monoisotopic (exact) mass is 228 g/mol. The molecule has 1 aromatic heterocycles. The third-order valence-electron chi connectivity index (χ3n) is 2.25. The predicted molar refractivity (Wildman–Crippen MR) is 62.0 cm³/mol. The molecule has 1 heterocycles. The number of anilines is 1. The van der Waals surface area contributed by atoms with Crippen molar-refractivity contribution < 1.29 is 9.90 Å². The molecule has 0 radical (unpaired) electrons. The van der Waals surface area contributed by atoms with Crippen LogP contribution in [0.4, 0.5) is 5.13 Å². The molecule has 4 nitrogen and oxygen atoms in total. The Morgan fingerprint density at radius 3 is 2.33 bits per heavy atom. The number of carboxylic acid groups (broad SMARTS) is 1. The number of aromatic carboxylic acids is 1. The summed E-state index contributed by atoms with van der Waals surface area (Å²) in [5.41, 5.74) is 0.689. The fourth-order valence-corrected chi connectivity index (χ4v) is 2.50. The van der Waals surface area contributed by atoms with Gasteiger partial charge in [0, 0.05) is 13.1 Å². The molecule has 0 spiro atoms. The van der Waals surface area contributed by atoms with Crippen LogP contribution in [-0.4, -0.2) is 29.1 Å². The van der Waals surface area contributed by atoms with Gasteiger partial charge >= 0.3 is 5.97 Å². The van der Waals surface area contributed by atoms with Gasteiger partial charge in [0.15, 0.2) is 5.13 Å². The quantitative estimate of drug-likeness (QED) is 0.839. The largest absolute Gasteiger partial charge is 0.477 e. The van der Waals surface area contributed by atoms with E-state index in [4.69, 9.17) is 5.11 Å². The molecule has 5 heteroatoms. The van der Waals surface area contributed by atoms with Gasteiger partial charge in [-0.3, -0.25) is 0 Å². The summed E-state index contributed by atoms with van der Waals surface area (Å²) in [6.07, 6.45) is 0.666. The number of aromatic nitrogens is 1. The van der Waals surface area contributed by atoms with E-state index in [0.717, 1.165) is 18.2 Å². The third-order valence-corrected chi connectivity index (χ3v) is 3.40. The summed E-state index contributed by atoms with van der Waals surface area (Å²) in [5, 5.41) is 9.80. The van der Waals surface area contributed by atoms with Gasteiger partial charge in [-0.2, -0.15) is 0 Å². The molecule has 0 saturated carbocycles. The number of carboxylic acids is 1. The molecular weight excluding hydrogens is 212 g/mol. The summed E-state index contributed by atoms with van der Waals surface area (Å²) in [6, 6.07) is 0. The van der Waals surface area contributed by atoms with Crippen LogP contribution in [0.3, 0.4) is 0 Å². The lowest BCUT2D eigenvalue weighted by molar-refractivity contribution is 0.0701. The van der Waals surface area contributed by atoms with Crippen molar-refractivity contribution >= 4 is 22.4 Å². The van der Waals surface area contributed by atoms with Crippen molar-refractivity contribution in [3.8, 4) is 0 Å². The van der Waals surface area contributed by atoms with Crippen LogP contribution in [0, 0.1) is 0 Å². The average Bonchev–Trinajstić information content (AvgIpc) is 2.64. The molecule has 0 aromatic carbocycles. The van der Waals surface area contributed by atoms with Crippen LogP contribution in [0.5, 0.6) is 0 Å². The minimum Gasteiger partial charge on any atom is -0.477 e. The van der Waals surface area contributed by atoms with Crippen molar-refractivity contribution in [3.63, 3.8) is 0 Å². The first-order valence-corrected chi connectivity index (χ1v) is 5.93. The number of rotatable bonds is 5. The Morgan fingerprint density at radius 1 is 1.40 bits per heavy atom. The fraction of sp³-hybridized carbons (Fsp3) is 0.600. The maximum atomic E-state index is 10.9. The second-order valence-electron chi connectivity index (χ2n) is 3.10. The Morgan fingerprint density at radius 2 is 2.00 bits per heavy atom. The van der Waals surface area contributed by atoms with E-state index in [0.29, 0.717) is 17.0 Å². The molecule has 0 fully saturated rings. The number of carbonyl (C=O) groups is 1. The first-order valence-electron chi connectivity index (χ1n) is 5.11. The van der Waals surface area contributed by atoms with Gasteiger partial charge in [-0.25, -0.2) is 9.78 Å². The van der Waals surface area contributed by atoms with Crippen LogP contribution in [-0.2, 0) is 6.42 Å². The minimum atomic E-state index is -0.872. The molecule has 0 aliphatic rings. The standard InChI is InChI=1S/C10H16N2O2S/c1-4-7-8(9(13)14)15-10(11-7)12(5-2)6-3/h4-6H2,1-3H3,(H,13,14). The maximum absolute atomic E-state index is 10.9. The van der Waals surface area contributed by atoms with Gasteiger partial charge in [0.1, 0.15) is 4.88 Å². The molecule has 0 amide bonds. The number of nitrogens with zero attached hydrogens (tertiary/aromatic N) is 2. The number of hydrogen-bond donors (Lipinski definition) is 1. The lowest BCUT2D eigenvalue weighted by Gasteiger charge is -2.16. The van der Waals surface area contributed by atoms with Gasteiger partial charge in [-0.05, 0) is 20.3 Å². The molecule has 0 saturated heterocycles. The molecular formula is C10H16N2O2S. The van der Waals surface area contributed by atoms with Crippen molar-refractivity contribution in [2.45, 2.75) is 27.2 Å². The van der Waals surface area contributed by atoms with E-state index in [2.05, 4.69) is 9.88 Å². The Kier molecular flexibility index (Phi) is 4.08. The van der Waals surface area contributed by atoms with Gasteiger partial charge in [-0.15, -0.1) is 0 Å². The van der Waals surface area contributed by atoms with Crippen LogP contribution in [0.1, 0.15) is 36.1 Å². The van der Waals surface area contributed by atoms with Gasteiger partial charge < -0.3 is 10.0 Å². The Hall–Kier alpha value is -1.10. The molecule has 1 aromatic rings. The SMILES string of the molecule is CCc1nc(N(CC)CC)sc1C(=O)O. The van der Waals surface area contributed by atoms with Gasteiger partial charge in [0.05, 0.1) is 5.69 Å². The minimum absolute atomic E-state index is 0.374. The first-order chi connectivity index (χ1) is 7.13. The van der Waals surface area contributed by atoms with E-state index in [1.165, 1.54) is 11.3 Å². The number of aryl methyl sites for hydroxylation is 1. The van der Waals surface area contributed by atoms with E-state index < -0.39 is 5.97 Å². The lowest BCUT2D eigenvalue weighted by Crippen LogP contribution is -2.21. The summed E-state index contributed by atoms with van der Waals surface area (Å²) >= 11 is 1.26. The number of thiazole rings is 1. The van der Waals surface area contributed by atoms with Crippen LogP contribution in [0.15, 0.2) is 0 Å². The highest BCUT2D eigenvalue weighted by molar-refractivity contribution is 7.17. The Bertz CT molecular complexity index is 345. The van der Waals surface area contributed by atoms with E-state index in [1.807, 2.05) is 20.8 Å². The zero-order valence-corrected chi connectivity index (χ0v) is 10.1. The highest BCUT2D eigenvalue weighted by atomic mass is 32.1. The van der Waals surface area contributed by atoms with Crippen LogP contribution >= 0.6 is 11.3 Å². The summed E-state index contributed by atoms with van der Waals surface area (Å²) in [6.45, 7) is 7.71. The smallest absolute Gasteiger partial charge is 0.347 e.